The molecule has 0 amide bonds. The summed E-state index contributed by atoms with van der Waals surface area (Å²) in [5.41, 5.74) is 13.7. The second kappa shape index (κ2) is 14.1. The van der Waals surface area contributed by atoms with E-state index in [1.165, 1.54) is 66.1 Å². The van der Waals surface area contributed by atoms with Gasteiger partial charge in [-0.15, -0.1) is 0 Å². The molecule has 56 heavy (non-hydrogen) atoms. The third kappa shape index (κ3) is 5.96. The molecule has 3 heteroatoms. The Morgan fingerprint density at radius 3 is 1.41 bits per heavy atom. The fourth-order valence-corrected chi connectivity index (χ4v) is 8.00. The fraction of sp³-hybridized carbons (Fsp3) is 0.0189. The summed E-state index contributed by atoms with van der Waals surface area (Å²) in [5, 5.41) is 7.31. The molecule has 2 aromatic heterocycles. The SMILES string of the molecule is Cc1ccc(-c2cccc(-c3ccc(-c4cnc5c6ccccc6c6ccccc6c5n4)cc3)c2)cc1.c1ccc(-n2c3ccccc3c3ccccc32)cc1. The average Bonchev–Trinajstić information content (AvgIpc) is 3.62. The first-order valence-corrected chi connectivity index (χ1v) is 19.1. The number of benzene rings is 9. The molecule has 0 unspecified atom stereocenters. The van der Waals surface area contributed by atoms with E-state index in [1.54, 1.807) is 0 Å². The molecule has 0 aliphatic rings. The Bertz CT molecular complexity index is 3090. The van der Waals surface area contributed by atoms with Gasteiger partial charge in [0.15, 0.2) is 0 Å². The van der Waals surface area contributed by atoms with E-state index in [0.29, 0.717) is 0 Å². The van der Waals surface area contributed by atoms with Gasteiger partial charge in [-0.1, -0.05) is 175 Å². The summed E-state index contributed by atoms with van der Waals surface area (Å²) in [6.07, 6.45) is 1.90. The van der Waals surface area contributed by atoms with Crippen molar-refractivity contribution in [2.24, 2.45) is 0 Å². The van der Waals surface area contributed by atoms with Crippen LogP contribution in [0.3, 0.4) is 0 Å². The van der Waals surface area contributed by atoms with Gasteiger partial charge in [0, 0.05) is 32.8 Å². The van der Waals surface area contributed by atoms with Gasteiger partial charge in [-0.3, -0.25) is 4.98 Å². The molecule has 2 heterocycles. The summed E-state index contributed by atoms with van der Waals surface area (Å²) in [5.74, 6) is 0. The van der Waals surface area contributed by atoms with Gasteiger partial charge in [-0.25, -0.2) is 4.98 Å². The molecule has 11 rings (SSSR count). The summed E-state index contributed by atoms with van der Waals surface area (Å²) >= 11 is 0. The molecular weight excluding hydrogens is 679 g/mol. The lowest BCUT2D eigenvalue weighted by Crippen LogP contribution is -1.92. The van der Waals surface area contributed by atoms with Crippen molar-refractivity contribution in [3.63, 3.8) is 0 Å². The van der Waals surface area contributed by atoms with Crippen LogP contribution in [-0.2, 0) is 0 Å². The normalized spacial score (nSPS) is 11.3. The number of fused-ring (bicyclic) bond motifs is 9. The first-order chi connectivity index (χ1) is 27.7. The summed E-state index contributed by atoms with van der Waals surface area (Å²) in [6.45, 7) is 2.12. The maximum atomic E-state index is 5.12. The molecule has 3 nitrogen and oxygen atoms in total. The van der Waals surface area contributed by atoms with Crippen LogP contribution >= 0.6 is 0 Å². The zero-order valence-electron chi connectivity index (χ0n) is 31.0. The predicted molar refractivity (Wildman–Crippen MR) is 236 cm³/mol. The van der Waals surface area contributed by atoms with E-state index in [1.807, 2.05) is 6.20 Å². The molecule has 0 atom stereocenters. The first-order valence-electron chi connectivity index (χ1n) is 19.1. The Hall–Kier alpha value is -7.36. The average molecular weight is 716 g/mol. The molecule has 0 fully saturated rings. The monoisotopic (exact) mass is 715 g/mol. The highest BCUT2D eigenvalue weighted by Gasteiger charge is 2.13. The third-order valence-corrected chi connectivity index (χ3v) is 10.8. The van der Waals surface area contributed by atoms with Crippen LogP contribution in [0.5, 0.6) is 0 Å². The Kier molecular flexibility index (Phi) is 8.38. The molecule has 0 bridgehead atoms. The van der Waals surface area contributed by atoms with E-state index in [-0.39, 0.29) is 0 Å². The minimum atomic E-state index is 0.882. The van der Waals surface area contributed by atoms with E-state index < -0.39 is 0 Å². The number of nitrogens with zero attached hydrogens (tertiary/aromatic N) is 3. The van der Waals surface area contributed by atoms with E-state index in [0.717, 1.165) is 33.1 Å². The van der Waals surface area contributed by atoms with Gasteiger partial charge in [0.05, 0.1) is 34.0 Å². The molecule has 9 aromatic carbocycles. The maximum absolute atomic E-state index is 5.12. The molecule has 0 N–H and O–H groups in total. The predicted octanol–water partition coefficient (Wildman–Crippen LogP) is 14.0. The lowest BCUT2D eigenvalue weighted by Gasteiger charge is -2.11. The van der Waals surface area contributed by atoms with Gasteiger partial charge in [-0.2, -0.15) is 0 Å². The van der Waals surface area contributed by atoms with Crippen LogP contribution in [0.2, 0.25) is 0 Å². The lowest BCUT2D eigenvalue weighted by molar-refractivity contribution is 1.18. The van der Waals surface area contributed by atoms with Crippen LogP contribution in [0, 0.1) is 6.92 Å². The van der Waals surface area contributed by atoms with Gasteiger partial charge in [-0.05, 0) is 70.3 Å². The molecule has 0 aliphatic heterocycles. The number of para-hydroxylation sites is 3. The van der Waals surface area contributed by atoms with Gasteiger partial charge < -0.3 is 4.57 Å². The van der Waals surface area contributed by atoms with Crippen LogP contribution in [0.25, 0.3) is 93.6 Å². The van der Waals surface area contributed by atoms with Gasteiger partial charge in [0.25, 0.3) is 0 Å². The summed E-state index contributed by atoms with van der Waals surface area (Å²) < 4.78 is 2.32. The minimum absolute atomic E-state index is 0.882. The number of aromatic nitrogens is 3. The number of rotatable bonds is 4. The summed E-state index contributed by atoms with van der Waals surface area (Å²) in [7, 11) is 0. The first kappa shape index (κ1) is 33.2. The van der Waals surface area contributed by atoms with Crippen molar-refractivity contribution in [2.75, 3.05) is 0 Å². The third-order valence-electron chi connectivity index (χ3n) is 10.8. The van der Waals surface area contributed by atoms with Crippen LogP contribution in [-0.4, -0.2) is 14.5 Å². The standard InChI is InChI=1S/C35H24N2.C18H13N/c1-23-13-15-24(16-14-23)27-7-6-8-28(21-27)25-17-19-26(20-18-25)33-22-36-34-31-11-4-2-9-29(31)30-10-3-5-12-32(30)35(34)37-33;1-2-8-14(9-3-1)19-17-12-6-4-10-15(17)16-11-5-7-13-18(16)19/h2-22H,1H3;1-13H. The topological polar surface area (TPSA) is 30.7 Å². The lowest BCUT2D eigenvalue weighted by atomic mass is 9.97. The maximum Gasteiger partial charge on any atom is 0.0979 e. The summed E-state index contributed by atoms with van der Waals surface area (Å²) in [4.78, 5) is 10.0. The Balaban J connectivity index is 0.000000169. The second-order valence-electron chi connectivity index (χ2n) is 14.3. The van der Waals surface area contributed by atoms with E-state index in [4.69, 9.17) is 9.97 Å². The molecule has 264 valence electrons. The van der Waals surface area contributed by atoms with Gasteiger partial charge in [0.2, 0.25) is 0 Å². The van der Waals surface area contributed by atoms with Crippen LogP contribution < -0.4 is 0 Å². The minimum Gasteiger partial charge on any atom is -0.309 e. The Morgan fingerprint density at radius 1 is 0.357 bits per heavy atom. The van der Waals surface area contributed by atoms with Gasteiger partial charge >= 0.3 is 0 Å². The zero-order chi connectivity index (χ0) is 37.4. The van der Waals surface area contributed by atoms with Crippen molar-refractivity contribution in [3.05, 3.63) is 212 Å². The Morgan fingerprint density at radius 2 is 0.821 bits per heavy atom. The molecule has 0 aliphatic carbocycles. The molecule has 0 saturated carbocycles. The van der Waals surface area contributed by atoms with Crippen molar-refractivity contribution in [1.82, 2.24) is 14.5 Å². The zero-order valence-corrected chi connectivity index (χ0v) is 31.0. The quantitative estimate of drug-likeness (QED) is 0.170. The molecule has 0 saturated heterocycles. The van der Waals surface area contributed by atoms with Crippen molar-refractivity contribution >= 4 is 54.4 Å². The number of hydrogen-bond acceptors (Lipinski definition) is 2. The van der Waals surface area contributed by atoms with Crippen LogP contribution in [0.15, 0.2) is 206 Å². The smallest absolute Gasteiger partial charge is 0.0979 e. The molecule has 11 aromatic rings. The van der Waals surface area contributed by atoms with Crippen LogP contribution in [0.4, 0.5) is 0 Å². The highest BCUT2D eigenvalue weighted by molar-refractivity contribution is 6.23. The summed E-state index contributed by atoms with van der Waals surface area (Å²) in [6, 6.07) is 70.6. The largest absolute Gasteiger partial charge is 0.309 e. The van der Waals surface area contributed by atoms with Gasteiger partial charge in [0.1, 0.15) is 0 Å². The van der Waals surface area contributed by atoms with E-state index in [2.05, 4.69) is 212 Å². The number of hydrogen-bond donors (Lipinski definition) is 0. The Labute approximate surface area is 325 Å². The van der Waals surface area contributed by atoms with Crippen LogP contribution in [0.1, 0.15) is 5.56 Å². The van der Waals surface area contributed by atoms with E-state index in [9.17, 15) is 0 Å². The van der Waals surface area contributed by atoms with Crippen molar-refractivity contribution < 1.29 is 0 Å². The van der Waals surface area contributed by atoms with Crippen molar-refractivity contribution in [2.45, 2.75) is 6.92 Å². The molecular formula is C53H37N3. The fourth-order valence-electron chi connectivity index (χ4n) is 8.00. The molecule has 0 radical (unpaired) electrons. The number of aryl methyl sites for hydroxylation is 1. The van der Waals surface area contributed by atoms with E-state index >= 15 is 0 Å². The highest BCUT2D eigenvalue weighted by atomic mass is 15.0. The molecule has 0 spiro atoms. The second-order valence-corrected chi connectivity index (χ2v) is 14.3. The van der Waals surface area contributed by atoms with Crippen molar-refractivity contribution in [1.29, 1.82) is 0 Å². The van der Waals surface area contributed by atoms with Crippen molar-refractivity contribution in [3.8, 4) is 39.2 Å². The highest BCUT2D eigenvalue weighted by Crippen LogP contribution is 2.35.